The Morgan fingerprint density at radius 3 is 2.46 bits per heavy atom. The molecule has 0 heterocycles. The van der Waals surface area contributed by atoms with E-state index >= 15 is 0 Å². The van der Waals surface area contributed by atoms with Gasteiger partial charge in [0, 0.05) is 6.54 Å². The summed E-state index contributed by atoms with van der Waals surface area (Å²) in [6.45, 7) is 3.28. The van der Waals surface area contributed by atoms with Gasteiger partial charge in [0.05, 0.1) is 6.54 Å². The van der Waals surface area contributed by atoms with Crippen LogP contribution in [0.4, 0.5) is 9.18 Å². The molecule has 0 bridgehead atoms. The molecule has 2 aromatic carbocycles. The molecule has 0 fully saturated rings. The molecule has 0 unspecified atom stereocenters. The van der Waals surface area contributed by atoms with Crippen molar-refractivity contribution in [3.05, 3.63) is 65.5 Å². The van der Waals surface area contributed by atoms with E-state index in [-0.39, 0.29) is 11.8 Å². The third kappa shape index (κ3) is 5.91. The molecule has 0 saturated carbocycles. The van der Waals surface area contributed by atoms with Gasteiger partial charge >= 0.3 is 6.03 Å². The van der Waals surface area contributed by atoms with Crippen molar-refractivity contribution >= 4 is 6.03 Å². The summed E-state index contributed by atoms with van der Waals surface area (Å²) in [5.41, 5.74) is 1.85. The third-order valence-electron chi connectivity index (χ3n) is 3.63. The standard InChI is InChI=1S/C19H23FN2O2/c1-2-15-7-9-17(10-8-15)24-14-13-22-19(23)21-12-11-16-5-3-4-6-18(16)20/h3-10H,2,11-14H2,1H3,(H2,21,22,23). The maximum absolute atomic E-state index is 13.4. The molecule has 0 aliphatic carbocycles. The Morgan fingerprint density at radius 2 is 1.75 bits per heavy atom. The molecule has 24 heavy (non-hydrogen) atoms. The lowest BCUT2D eigenvalue weighted by Gasteiger charge is -2.09. The van der Waals surface area contributed by atoms with Crippen LogP contribution in [0.2, 0.25) is 0 Å². The highest BCUT2D eigenvalue weighted by molar-refractivity contribution is 5.73. The highest BCUT2D eigenvalue weighted by Crippen LogP contribution is 2.12. The highest BCUT2D eigenvalue weighted by atomic mass is 19.1. The molecule has 2 rings (SSSR count). The van der Waals surface area contributed by atoms with Gasteiger partial charge in [0.15, 0.2) is 0 Å². The fourth-order valence-electron chi connectivity index (χ4n) is 2.23. The Bertz CT molecular complexity index is 644. The van der Waals surface area contributed by atoms with Crippen molar-refractivity contribution in [1.82, 2.24) is 10.6 Å². The number of urea groups is 1. The molecule has 5 heteroatoms. The lowest BCUT2D eigenvalue weighted by atomic mass is 10.1. The number of hydrogen-bond acceptors (Lipinski definition) is 2. The average molecular weight is 330 g/mol. The summed E-state index contributed by atoms with van der Waals surface area (Å²) in [6.07, 6.45) is 1.45. The van der Waals surface area contributed by atoms with Gasteiger partial charge in [-0.1, -0.05) is 37.3 Å². The van der Waals surface area contributed by atoms with Crippen LogP contribution in [0.15, 0.2) is 48.5 Å². The molecule has 4 nitrogen and oxygen atoms in total. The fourth-order valence-corrected chi connectivity index (χ4v) is 2.23. The lowest BCUT2D eigenvalue weighted by molar-refractivity contribution is 0.236. The molecule has 0 aromatic heterocycles. The van der Waals surface area contributed by atoms with Gasteiger partial charge in [-0.05, 0) is 42.2 Å². The third-order valence-corrected chi connectivity index (χ3v) is 3.63. The first-order valence-electron chi connectivity index (χ1n) is 8.16. The van der Waals surface area contributed by atoms with Crippen LogP contribution in [0.5, 0.6) is 5.75 Å². The van der Waals surface area contributed by atoms with Crippen molar-refractivity contribution in [2.75, 3.05) is 19.7 Å². The van der Waals surface area contributed by atoms with E-state index < -0.39 is 0 Å². The second kappa shape index (κ2) is 9.55. The van der Waals surface area contributed by atoms with Crippen molar-refractivity contribution in [2.45, 2.75) is 19.8 Å². The molecular formula is C19H23FN2O2. The van der Waals surface area contributed by atoms with Gasteiger partial charge in [-0.25, -0.2) is 9.18 Å². The SMILES string of the molecule is CCc1ccc(OCCNC(=O)NCCc2ccccc2F)cc1. The predicted molar refractivity (Wildman–Crippen MR) is 92.8 cm³/mol. The Labute approximate surface area is 142 Å². The smallest absolute Gasteiger partial charge is 0.314 e. The zero-order valence-electron chi connectivity index (χ0n) is 13.8. The molecule has 0 aliphatic rings. The minimum atomic E-state index is -0.281. The van der Waals surface area contributed by atoms with Gasteiger partial charge in [0.2, 0.25) is 0 Å². The van der Waals surface area contributed by atoms with Crippen LogP contribution in [-0.4, -0.2) is 25.7 Å². The molecule has 128 valence electrons. The molecule has 2 N–H and O–H groups in total. The first-order chi connectivity index (χ1) is 11.7. The number of ether oxygens (including phenoxy) is 1. The Kier molecular flexibility index (Phi) is 7.08. The zero-order valence-corrected chi connectivity index (χ0v) is 13.8. The minimum Gasteiger partial charge on any atom is -0.492 e. The van der Waals surface area contributed by atoms with Gasteiger partial charge in [-0.2, -0.15) is 0 Å². The van der Waals surface area contributed by atoms with E-state index in [0.29, 0.717) is 31.7 Å². The van der Waals surface area contributed by atoms with Gasteiger partial charge < -0.3 is 15.4 Å². The summed E-state index contributed by atoms with van der Waals surface area (Å²) in [5, 5.41) is 5.41. The highest BCUT2D eigenvalue weighted by Gasteiger charge is 2.03. The molecule has 2 amide bonds. The molecule has 0 spiro atoms. The van der Waals surface area contributed by atoms with Crippen LogP contribution in [0.1, 0.15) is 18.1 Å². The number of rotatable bonds is 8. The first-order valence-corrected chi connectivity index (χ1v) is 8.16. The minimum absolute atomic E-state index is 0.248. The summed E-state index contributed by atoms with van der Waals surface area (Å²) >= 11 is 0. The van der Waals surface area contributed by atoms with Crippen molar-refractivity contribution in [1.29, 1.82) is 0 Å². The van der Waals surface area contributed by atoms with Crippen molar-refractivity contribution in [3.63, 3.8) is 0 Å². The molecule has 0 aliphatic heterocycles. The van der Waals surface area contributed by atoms with Crippen LogP contribution in [-0.2, 0) is 12.8 Å². The first kappa shape index (κ1) is 17.8. The number of aryl methyl sites for hydroxylation is 1. The molecule has 0 radical (unpaired) electrons. The Balaban J connectivity index is 1.58. The fraction of sp³-hybridized carbons (Fsp3) is 0.316. The van der Waals surface area contributed by atoms with Gasteiger partial charge in [0.1, 0.15) is 18.2 Å². The van der Waals surface area contributed by atoms with Crippen LogP contribution in [0.3, 0.4) is 0 Å². The number of nitrogens with one attached hydrogen (secondary N) is 2. The maximum atomic E-state index is 13.4. The Morgan fingerprint density at radius 1 is 1.04 bits per heavy atom. The molecular weight excluding hydrogens is 307 g/mol. The number of carbonyl (C=O) groups is 1. The number of halogens is 1. The van der Waals surface area contributed by atoms with Crippen LogP contribution >= 0.6 is 0 Å². The summed E-state index contributed by atoms with van der Waals surface area (Å²) in [6, 6.07) is 14.2. The van der Waals surface area contributed by atoms with Crippen molar-refractivity contribution < 1.29 is 13.9 Å². The molecule has 2 aromatic rings. The Hall–Kier alpha value is -2.56. The monoisotopic (exact) mass is 330 g/mol. The van der Waals surface area contributed by atoms with E-state index in [0.717, 1.165) is 12.2 Å². The van der Waals surface area contributed by atoms with Crippen LogP contribution in [0.25, 0.3) is 0 Å². The zero-order chi connectivity index (χ0) is 17.2. The van der Waals surface area contributed by atoms with E-state index in [1.807, 2.05) is 24.3 Å². The van der Waals surface area contributed by atoms with E-state index in [9.17, 15) is 9.18 Å². The van der Waals surface area contributed by atoms with Crippen LogP contribution < -0.4 is 15.4 Å². The van der Waals surface area contributed by atoms with Gasteiger partial charge in [0.25, 0.3) is 0 Å². The topological polar surface area (TPSA) is 50.4 Å². The lowest BCUT2D eigenvalue weighted by Crippen LogP contribution is -2.38. The number of carbonyl (C=O) groups excluding carboxylic acids is 1. The second-order valence-electron chi connectivity index (χ2n) is 5.37. The van der Waals surface area contributed by atoms with Crippen LogP contribution in [0, 0.1) is 5.82 Å². The summed E-state index contributed by atoms with van der Waals surface area (Å²) in [5.74, 6) is 0.538. The predicted octanol–water partition coefficient (Wildman–Crippen LogP) is 3.31. The average Bonchev–Trinajstić information content (AvgIpc) is 2.61. The second-order valence-corrected chi connectivity index (χ2v) is 5.37. The van der Waals surface area contributed by atoms with E-state index in [1.54, 1.807) is 18.2 Å². The summed E-state index contributed by atoms with van der Waals surface area (Å²) < 4.78 is 19.0. The molecule has 0 saturated heterocycles. The largest absolute Gasteiger partial charge is 0.492 e. The van der Waals surface area contributed by atoms with E-state index in [2.05, 4.69) is 17.6 Å². The van der Waals surface area contributed by atoms with Gasteiger partial charge in [-0.15, -0.1) is 0 Å². The normalized spacial score (nSPS) is 10.2. The van der Waals surface area contributed by atoms with Crippen molar-refractivity contribution in [2.24, 2.45) is 0 Å². The number of benzene rings is 2. The number of amides is 2. The van der Waals surface area contributed by atoms with Crippen molar-refractivity contribution in [3.8, 4) is 5.75 Å². The molecule has 0 atom stereocenters. The summed E-state index contributed by atoms with van der Waals surface area (Å²) in [4.78, 5) is 11.6. The quantitative estimate of drug-likeness (QED) is 0.730. The van der Waals surface area contributed by atoms with E-state index in [4.69, 9.17) is 4.74 Å². The maximum Gasteiger partial charge on any atom is 0.314 e. The van der Waals surface area contributed by atoms with Gasteiger partial charge in [-0.3, -0.25) is 0 Å². The number of hydrogen-bond donors (Lipinski definition) is 2. The summed E-state index contributed by atoms with van der Waals surface area (Å²) in [7, 11) is 0. The van der Waals surface area contributed by atoms with E-state index in [1.165, 1.54) is 11.6 Å².